The lowest BCUT2D eigenvalue weighted by molar-refractivity contribution is -0.386. The zero-order valence-electron chi connectivity index (χ0n) is 9.54. The first-order valence-electron chi connectivity index (χ1n) is 5.04. The van der Waals surface area contributed by atoms with Gasteiger partial charge in [-0.15, -0.1) is 0 Å². The van der Waals surface area contributed by atoms with Gasteiger partial charge >= 0.3 is 11.7 Å². The molecule has 0 aliphatic rings. The molecule has 6 heteroatoms. The highest BCUT2D eigenvalue weighted by molar-refractivity contribution is 5.67. The number of nitro benzene ring substituents is 1. The third kappa shape index (κ3) is 3.44. The predicted molar refractivity (Wildman–Crippen MR) is 60.2 cm³/mol. The highest BCUT2D eigenvalue weighted by atomic mass is 16.6. The molecule has 1 N–H and O–H groups in total. The van der Waals surface area contributed by atoms with Gasteiger partial charge in [0.05, 0.1) is 11.3 Å². The molecule has 0 aliphatic carbocycles. The summed E-state index contributed by atoms with van der Waals surface area (Å²) in [6.45, 7) is 3.24. The lowest BCUT2D eigenvalue weighted by Crippen LogP contribution is -2.17. The molecule has 0 amide bonds. The predicted octanol–water partition coefficient (Wildman–Crippen LogP) is 2.15. The summed E-state index contributed by atoms with van der Waals surface area (Å²) in [5, 5.41) is 19.4. The average Bonchev–Trinajstić information content (AvgIpc) is 2.19. The minimum atomic E-state index is -1.01. The molecule has 0 unspecified atom stereocenters. The van der Waals surface area contributed by atoms with E-state index in [2.05, 4.69) is 0 Å². The van der Waals surface area contributed by atoms with Crippen LogP contribution in [0, 0.1) is 17.0 Å². The molecule has 0 spiro atoms. The van der Waals surface area contributed by atoms with Crippen LogP contribution in [-0.2, 0) is 4.79 Å². The van der Waals surface area contributed by atoms with Crippen LogP contribution in [0.15, 0.2) is 18.2 Å². The summed E-state index contributed by atoms with van der Waals surface area (Å²) in [7, 11) is 0. The highest BCUT2D eigenvalue weighted by Gasteiger charge is 2.20. The van der Waals surface area contributed by atoms with Crippen molar-refractivity contribution in [1.29, 1.82) is 0 Å². The minimum absolute atomic E-state index is 0.131. The number of nitrogens with zero attached hydrogens (tertiary/aromatic N) is 1. The monoisotopic (exact) mass is 239 g/mol. The zero-order valence-corrected chi connectivity index (χ0v) is 9.54. The fraction of sp³-hybridized carbons (Fsp3) is 0.364. The minimum Gasteiger partial charge on any atom is -0.483 e. The molecule has 1 aromatic rings. The van der Waals surface area contributed by atoms with Gasteiger partial charge < -0.3 is 9.84 Å². The van der Waals surface area contributed by atoms with E-state index in [9.17, 15) is 14.9 Å². The first-order chi connectivity index (χ1) is 7.91. The van der Waals surface area contributed by atoms with E-state index in [-0.39, 0.29) is 17.9 Å². The van der Waals surface area contributed by atoms with Gasteiger partial charge in [0.1, 0.15) is 6.10 Å². The zero-order chi connectivity index (χ0) is 13.0. The first kappa shape index (κ1) is 13.0. The molecule has 0 saturated heterocycles. The van der Waals surface area contributed by atoms with Gasteiger partial charge in [0.25, 0.3) is 0 Å². The largest absolute Gasteiger partial charge is 0.483 e. The number of aliphatic carboxylic acids is 1. The number of ether oxygens (including phenoxy) is 1. The Hall–Kier alpha value is -2.11. The lowest BCUT2D eigenvalue weighted by atomic mass is 10.2. The maximum atomic E-state index is 10.8. The quantitative estimate of drug-likeness (QED) is 0.628. The van der Waals surface area contributed by atoms with Crippen LogP contribution in [0.3, 0.4) is 0 Å². The Labute approximate surface area is 98.0 Å². The second kappa shape index (κ2) is 5.29. The Morgan fingerprint density at radius 2 is 2.24 bits per heavy atom. The molecule has 92 valence electrons. The van der Waals surface area contributed by atoms with Crippen LogP contribution >= 0.6 is 0 Å². The lowest BCUT2D eigenvalue weighted by Gasteiger charge is -2.14. The molecule has 0 radical (unpaired) electrons. The van der Waals surface area contributed by atoms with E-state index in [0.29, 0.717) is 5.56 Å². The molecule has 1 aromatic carbocycles. The molecule has 6 nitrogen and oxygen atoms in total. The van der Waals surface area contributed by atoms with Crippen molar-refractivity contribution in [2.75, 3.05) is 0 Å². The summed E-state index contributed by atoms with van der Waals surface area (Å²) < 4.78 is 5.33. The van der Waals surface area contributed by atoms with Gasteiger partial charge in [-0.1, -0.05) is 12.1 Å². The van der Waals surface area contributed by atoms with Crippen LogP contribution in [0.25, 0.3) is 0 Å². The highest BCUT2D eigenvalue weighted by Crippen LogP contribution is 2.31. The first-order valence-corrected chi connectivity index (χ1v) is 5.04. The van der Waals surface area contributed by atoms with E-state index in [1.165, 1.54) is 6.07 Å². The number of para-hydroxylation sites is 1. The number of aryl methyl sites for hydroxylation is 1. The molecule has 0 fully saturated rings. The third-order valence-corrected chi connectivity index (χ3v) is 2.17. The van der Waals surface area contributed by atoms with Crippen molar-refractivity contribution in [2.45, 2.75) is 26.4 Å². The summed E-state index contributed by atoms with van der Waals surface area (Å²) in [6.07, 6.45) is -0.821. The van der Waals surface area contributed by atoms with E-state index in [4.69, 9.17) is 9.84 Å². The van der Waals surface area contributed by atoms with Crippen LogP contribution in [0.2, 0.25) is 0 Å². The van der Waals surface area contributed by atoms with E-state index < -0.39 is 17.0 Å². The van der Waals surface area contributed by atoms with Crippen LogP contribution in [0.5, 0.6) is 5.75 Å². The number of benzene rings is 1. The molecule has 1 rings (SSSR count). The number of hydrogen-bond donors (Lipinski definition) is 1. The van der Waals surface area contributed by atoms with E-state index in [1.54, 1.807) is 26.0 Å². The van der Waals surface area contributed by atoms with Crippen LogP contribution in [-0.4, -0.2) is 22.1 Å². The topological polar surface area (TPSA) is 89.7 Å². The Balaban J connectivity index is 2.96. The van der Waals surface area contributed by atoms with Crippen molar-refractivity contribution >= 4 is 11.7 Å². The molecule has 17 heavy (non-hydrogen) atoms. The molecule has 0 bridgehead atoms. The van der Waals surface area contributed by atoms with Crippen LogP contribution < -0.4 is 4.74 Å². The normalized spacial score (nSPS) is 11.9. The Morgan fingerprint density at radius 3 is 2.76 bits per heavy atom. The summed E-state index contributed by atoms with van der Waals surface area (Å²) in [5.74, 6) is -0.875. The number of hydrogen-bond acceptors (Lipinski definition) is 4. The number of carbonyl (C=O) groups is 1. The van der Waals surface area contributed by atoms with Crippen LogP contribution in [0.1, 0.15) is 18.9 Å². The van der Waals surface area contributed by atoms with Crippen molar-refractivity contribution < 1.29 is 19.6 Å². The van der Waals surface area contributed by atoms with Crippen molar-refractivity contribution in [3.8, 4) is 5.75 Å². The number of nitro groups is 1. The summed E-state index contributed by atoms with van der Waals surface area (Å²) in [5.41, 5.74) is 0.457. The molecule has 0 aliphatic heterocycles. The second-order valence-corrected chi connectivity index (χ2v) is 3.71. The SMILES string of the molecule is Cc1cccc([N+](=O)[O-])c1O[C@H](C)CC(=O)O. The Kier molecular flexibility index (Phi) is 4.03. The molecule has 0 aromatic heterocycles. The average molecular weight is 239 g/mol. The van der Waals surface area contributed by atoms with Gasteiger partial charge in [0.15, 0.2) is 5.75 Å². The van der Waals surface area contributed by atoms with Crippen molar-refractivity contribution in [1.82, 2.24) is 0 Å². The Bertz CT molecular complexity index is 443. The standard InChI is InChI=1S/C11H13NO5/c1-7-4-3-5-9(12(15)16)11(7)17-8(2)6-10(13)14/h3-5,8H,6H2,1-2H3,(H,13,14)/t8-/m1/s1. The summed E-state index contributed by atoms with van der Waals surface area (Å²) in [4.78, 5) is 20.7. The van der Waals surface area contributed by atoms with E-state index in [0.717, 1.165) is 0 Å². The fourth-order valence-electron chi connectivity index (χ4n) is 1.42. The maximum Gasteiger partial charge on any atom is 0.311 e. The van der Waals surface area contributed by atoms with Gasteiger partial charge in [-0.05, 0) is 19.4 Å². The third-order valence-electron chi connectivity index (χ3n) is 2.17. The van der Waals surface area contributed by atoms with Gasteiger partial charge in [0, 0.05) is 6.07 Å². The number of carboxylic acid groups (broad SMARTS) is 1. The molecule has 0 heterocycles. The van der Waals surface area contributed by atoms with Gasteiger partial charge in [-0.2, -0.15) is 0 Å². The van der Waals surface area contributed by atoms with Crippen LogP contribution in [0.4, 0.5) is 5.69 Å². The summed E-state index contributed by atoms with van der Waals surface area (Å²) in [6, 6.07) is 4.56. The van der Waals surface area contributed by atoms with Crippen molar-refractivity contribution in [3.63, 3.8) is 0 Å². The van der Waals surface area contributed by atoms with Crippen molar-refractivity contribution in [3.05, 3.63) is 33.9 Å². The number of rotatable bonds is 5. The summed E-state index contributed by atoms with van der Waals surface area (Å²) >= 11 is 0. The van der Waals surface area contributed by atoms with Gasteiger partial charge in [-0.3, -0.25) is 14.9 Å². The maximum absolute atomic E-state index is 10.8. The fourth-order valence-corrected chi connectivity index (χ4v) is 1.42. The molecular weight excluding hydrogens is 226 g/mol. The van der Waals surface area contributed by atoms with E-state index in [1.807, 2.05) is 0 Å². The van der Waals surface area contributed by atoms with Gasteiger partial charge in [0.2, 0.25) is 0 Å². The molecular formula is C11H13NO5. The van der Waals surface area contributed by atoms with Gasteiger partial charge in [-0.25, -0.2) is 0 Å². The molecule has 1 atom stereocenters. The molecule has 0 saturated carbocycles. The smallest absolute Gasteiger partial charge is 0.311 e. The second-order valence-electron chi connectivity index (χ2n) is 3.71. The number of carboxylic acids is 1. The van der Waals surface area contributed by atoms with Crippen molar-refractivity contribution in [2.24, 2.45) is 0 Å². The Morgan fingerprint density at radius 1 is 1.59 bits per heavy atom. The van der Waals surface area contributed by atoms with E-state index >= 15 is 0 Å².